The maximum Gasteiger partial charge on any atom is 0.303 e. The van der Waals surface area contributed by atoms with Crippen LogP contribution in [0.3, 0.4) is 0 Å². The Kier molecular flexibility index (Phi) is 6.29. The van der Waals surface area contributed by atoms with Crippen LogP contribution in [0, 0.1) is 12.8 Å². The number of aliphatic carboxylic acids is 1. The van der Waals surface area contributed by atoms with Gasteiger partial charge in [-0.2, -0.15) is 0 Å². The third kappa shape index (κ3) is 6.20. The molecule has 1 unspecified atom stereocenters. The summed E-state index contributed by atoms with van der Waals surface area (Å²) < 4.78 is 0. The number of hydrogen-bond acceptors (Lipinski definition) is 3. The first-order valence-corrected chi connectivity index (χ1v) is 7.08. The third-order valence-corrected chi connectivity index (χ3v) is 3.75. The summed E-state index contributed by atoms with van der Waals surface area (Å²) >= 11 is 1.60. The average Bonchev–Trinajstić information content (AvgIpc) is 2.77. The van der Waals surface area contributed by atoms with Gasteiger partial charge >= 0.3 is 5.97 Å². The van der Waals surface area contributed by atoms with Crippen molar-refractivity contribution in [2.45, 2.75) is 26.7 Å². The van der Waals surface area contributed by atoms with Gasteiger partial charge in [-0.3, -0.25) is 9.59 Å². The van der Waals surface area contributed by atoms with E-state index in [0.717, 1.165) is 10.4 Å². The molecule has 0 fully saturated rings. The Balaban J connectivity index is 2.30. The third-order valence-electron chi connectivity index (χ3n) is 2.76. The van der Waals surface area contributed by atoms with Crippen LogP contribution in [0.1, 0.15) is 30.2 Å². The zero-order valence-electron chi connectivity index (χ0n) is 11.2. The topological polar surface area (TPSA) is 66.4 Å². The van der Waals surface area contributed by atoms with Crippen LogP contribution >= 0.6 is 11.3 Å². The molecule has 2 N–H and O–H groups in total. The largest absolute Gasteiger partial charge is 0.481 e. The van der Waals surface area contributed by atoms with Crippen molar-refractivity contribution in [3.8, 4) is 0 Å². The van der Waals surface area contributed by atoms with Gasteiger partial charge in [0.1, 0.15) is 0 Å². The minimum atomic E-state index is -0.800. The molecule has 0 radical (unpaired) electrons. The van der Waals surface area contributed by atoms with Crippen molar-refractivity contribution >= 4 is 29.3 Å². The number of thiophene rings is 1. The lowest BCUT2D eigenvalue weighted by Gasteiger charge is -2.09. The van der Waals surface area contributed by atoms with Crippen LogP contribution in [-0.2, 0) is 9.59 Å². The van der Waals surface area contributed by atoms with Crippen LogP contribution in [0.5, 0.6) is 0 Å². The van der Waals surface area contributed by atoms with Gasteiger partial charge in [-0.25, -0.2) is 0 Å². The van der Waals surface area contributed by atoms with Gasteiger partial charge in [0.05, 0.1) is 0 Å². The van der Waals surface area contributed by atoms with Gasteiger partial charge in [0.25, 0.3) is 0 Å². The minimum Gasteiger partial charge on any atom is -0.481 e. The Morgan fingerprint density at radius 2 is 2.26 bits per heavy atom. The molecule has 0 aliphatic rings. The molecule has 19 heavy (non-hydrogen) atoms. The van der Waals surface area contributed by atoms with Crippen LogP contribution in [0.25, 0.3) is 6.08 Å². The molecule has 1 amide bonds. The van der Waals surface area contributed by atoms with Gasteiger partial charge in [0, 0.05) is 23.9 Å². The number of carbonyl (C=O) groups is 2. The van der Waals surface area contributed by atoms with E-state index in [2.05, 4.69) is 5.32 Å². The second kappa shape index (κ2) is 7.74. The summed E-state index contributed by atoms with van der Waals surface area (Å²) in [4.78, 5) is 23.1. The number of rotatable bonds is 7. The Morgan fingerprint density at radius 1 is 1.53 bits per heavy atom. The molecule has 104 valence electrons. The van der Waals surface area contributed by atoms with E-state index >= 15 is 0 Å². The number of carboxylic acid groups (broad SMARTS) is 1. The molecule has 5 heteroatoms. The molecular weight excluding hydrogens is 262 g/mol. The van der Waals surface area contributed by atoms with Crippen molar-refractivity contribution in [2.75, 3.05) is 6.54 Å². The lowest BCUT2D eigenvalue weighted by Crippen LogP contribution is -2.26. The van der Waals surface area contributed by atoms with E-state index in [4.69, 9.17) is 5.11 Å². The van der Waals surface area contributed by atoms with Crippen LogP contribution in [0.4, 0.5) is 0 Å². The maximum absolute atomic E-state index is 11.6. The van der Waals surface area contributed by atoms with Gasteiger partial charge in [-0.15, -0.1) is 11.3 Å². The van der Waals surface area contributed by atoms with Crippen LogP contribution in [0.15, 0.2) is 17.5 Å². The monoisotopic (exact) mass is 281 g/mol. The Hall–Kier alpha value is -1.62. The first kappa shape index (κ1) is 15.4. The highest BCUT2D eigenvalue weighted by Gasteiger charge is 2.06. The zero-order valence-corrected chi connectivity index (χ0v) is 12.0. The molecule has 1 aromatic heterocycles. The fourth-order valence-electron chi connectivity index (χ4n) is 1.51. The normalized spacial score (nSPS) is 12.5. The van der Waals surface area contributed by atoms with Gasteiger partial charge in [0.2, 0.25) is 5.91 Å². The lowest BCUT2D eigenvalue weighted by molar-refractivity contribution is -0.137. The molecule has 0 bridgehead atoms. The van der Waals surface area contributed by atoms with Crippen molar-refractivity contribution in [1.82, 2.24) is 5.32 Å². The average molecular weight is 281 g/mol. The predicted octanol–water partition coefficient (Wildman–Crippen LogP) is 2.69. The molecule has 0 spiro atoms. The van der Waals surface area contributed by atoms with Crippen molar-refractivity contribution < 1.29 is 14.7 Å². The Morgan fingerprint density at radius 3 is 2.84 bits per heavy atom. The number of nitrogens with one attached hydrogen (secondary N) is 1. The van der Waals surface area contributed by atoms with E-state index in [1.54, 1.807) is 17.4 Å². The number of amides is 1. The summed E-state index contributed by atoms with van der Waals surface area (Å²) in [6.45, 7) is 4.43. The van der Waals surface area contributed by atoms with E-state index < -0.39 is 5.97 Å². The van der Waals surface area contributed by atoms with Crippen molar-refractivity contribution in [3.05, 3.63) is 28.0 Å². The molecule has 0 aliphatic carbocycles. The van der Waals surface area contributed by atoms with Gasteiger partial charge < -0.3 is 10.4 Å². The molecule has 1 rings (SSSR count). The van der Waals surface area contributed by atoms with E-state index in [0.29, 0.717) is 13.0 Å². The maximum atomic E-state index is 11.6. The summed E-state index contributed by atoms with van der Waals surface area (Å²) in [5.41, 5.74) is 1.16. The molecule has 1 heterocycles. The van der Waals surface area contributed by atoms with E-state index in [1.807, 2.05) is 25.3 Å². The molecule has 0 aromatic carbocycles. The molecule has 1 atom stereocenters. The summed E-state index contributed by atoms with van der Waals surface area (Å²) in [5.74, 6) is -0.779. The fourth-order valence-corrected chi connectivity index (χ4v) is 2.33. The minimum absolute atomic E-state index is 0.140. The van der Waals surface area contributed by atoms with Gasteiger partial charge in [-0.1, -0.05) is 6.92 Å². The second-order valence-electron chi connectivity index (χ2n) is 4.58. The SMILES string of the molecule is Cc1ccsc1/C=C/C(=O)NCC(C)CCC(=O)O. The molecule has 0 saturated heterocycles. The highest BCUT2D eigenvalue weighted by Crippen LogP contribution is 2.16. The molecule has 1 aromatic rings. The number of hydrogen-bond donors (Lipinski definition) is 2. The first-order valence-electron chi connectivity index (χ1n) is 6.21. The summed E-state index contributed by atoms with van der Waals surface area (Å²) in [5, 5.41) is 13.3. The van der Waals surface area contributed by atoms with E-state index in [-0.39, 0.29) is 18.2 Å². The van der Waals surface area contributed by atoms with Gasteiger partial charge in [0.15, 0.2) is 0 Å². The number of aryl methyl sites for hydroxylation is 1. The lowest BCUT2D eigenvalue weighted by atomic mass is 10.1. The van der Waals surface area contributed by atoms with Crippen molar-refractivity contribution in [1.29, 1.82) is 0 Å². The second-order valence-corrected chi connectivity index (χ2v) is 5.53. The molecular formula is C14H19NO3S. The van der Waals surface area contributed by atoms with Gasteiger partial charge in [-0.05, 0) is 42.3 Å². The standard InChI is InChI=1S/C14H19NO3S/c1-10(3-6-14(17)18)9-15-13(16)5-4-12-11(2)7-8-19-12/h4-5,7-8,10H,3,6,9H2,1-2H3,(H,15,16)(H,17,18)/b5-4+. The van der Waals surface area contributed by atoms with Crippen LogP contribution in [-0.4, -0.2) is 23.5 Å². The fraction of sp³-hybridized carbons (Fsp3) is 0.429. The predicted molar refractivity (Wildman–Crippen MR) is 77.1 cm³/mol. The highest BCUT2D eigenvalue weighted by molar-refractivity contribution is 7.11. The van der Waals surface area contributed by atoms with Crippen molar-refractivity contribution in [2.24, 2.45) is 5.92 Å². The Labute approximate surface area is 117 Å². The Bertz CT molecular complexity index is 465. The number of carbonyl (C=O) groups excluding carboxylic acids is 1. The number of carboxylic acids is 1. The van der Waals surface area contributed by atoms with Crippen LogP contribution in [0.2, 0.25) is 0 Å². The van der Waals surface area contributed by atoms with Crippen molar-refractivity contribution in [3.63, 3.8) is 0 Å². The molecule has 4 nitrogen and oxygen atoms in total. The zero-order chi connectivity index (χ0) is 14.3. The van der Waals surface area contributed by atoms with E-state index in [1.165, 1.54) is 6.08 Å². The molecule has 0 saturated carbocycles. The van der Waals surface area contributed by atoms with Crippen LogP contribution < -0.4 is 5.32 Å². The summed E-state index contributed by atoms with van der Waals surface area (Å²) in [7, 11) is 0. The smallest absolute Gasteiger partial charge is 0.303 e. The molecule has 0 aliphatic heterocycles. The van der Waals surface area contributed by atoms with E-state index in [9.17, 15) is 9.59 Å². The quantitative estimate of drug-likeness (QED) is 0.755. The first-order chi connectivity index (χ1) is 8.99. The summed E-state index contributed by atoms with van der Waals surface area (Å²) in [6.07, 6.45) is 4.03. The highest BCUT2D eigenvalue weighted by atomic mass is 32.1. The summed E-state index contributed by atoms with van der Waals surface area (Å²) in [6, 6.07) is 2.01.